The molecule has 1 atom stereocenters. The summed E-state index contributed by atoms with van der Waals surface area (Å²) >= 11 is 1.85. The van der Waals surface area contributed by atoms with Crippen LogP contribution in [0.5, 0.6) is 0 Å². The summed E-state index contributed by atoms with van der Waals surface area (Å²) in [5, 5.41) is 6.03. The van der Waals surface area contributed by atoms with Gasteiger partial charge in [-0.3, -0.25) is 0 Å². The van der Waals surface area contributed by atoms with Gasteiger partial charge < -0.3 is 0 Å². The summed E-state index contributed by atoms with van der Waals surface area (Å²) in [6.07, 6.45) is 3.19. The van der Waals surface area contributed by atoms with E-state index in [9.17, 15) is 0 Å². The molecule has 6 aromatic carbocycles. The quantitative estimate of drug-likeness (QED) is 0.191. The van der Waals surface area contributed by atoms with Crippen molar-refractivity contribution < 1.29 is 0 Å². The Balaban J connectivity index is 1.32. The Morgan fingerprint density at radius 2 is 1.16 bits per heavy atom. The van der Waals surface area contributed by atoms with Gasteiger partial charge in [-0.25, -0.2) is 15.0 Å². The van der Waals surface area contributed by atoms with Crippen LogP contribution in [0, 0.1) is 0 Å². The smallest absolute Gasteiger partial charge is 0.164 e. The molecular formula is C41H27N3S. The lowest BCUT2D eigenvalue weighted by Gasteiger charge is -2.24. The van der Waals surface area contributed by atoms with Crippen LogP contribution in [0.4, 0.5) is 0 Å². The molecule has 0 N–H and O–H groups in total. The molecule has 0 radical (unpaired) electrons. The predicted molar refractivity (Wildman–Crippen MR) is 188 cm³/mol. The molecule has 8 aromatic rings. The van der Waals surface area contributed by atoms with E-state index in [4.69, 9.17) is 15.0 Å². The second-order valence-corrected chi connectivity index (χ2v) is 12.6. The monoisotopic (exact) mass is 593 g/mol. The topological polar surface area (TPSA) is 38.7 Å². The van der Waals surface area contributed by atoms with Gasteiger partial charge in [0, 0.05) is 20.7 Å². The molecule has 0 aliphatic heterocycles. The van der Waals surface area contributed by atoms with Gasteiger partial charge in [0.15, 0.2) is 11.6 Å². The molecule has 2 aromatic heterocycles. The zero-order valence-corrected chi connectivity index (χ0v) is 25.2. The van der Waals surface area contributed by atoms with Crippen LogP contribution in [-0.4, -0.2) is 15.0 Å². The first-order chi connectivity index (χ1) is 22.3. The van der Waals surface area contributed by atoms with Crippen molar-refractivity contribution in [2.24, 2.45) is 0 Å². The van der Waals surface area contributed by atoms with Crippen LogP contribution in [0.25, 0.3) is 66.1 Å². The van der Waals surface area contributed by atoms with Crippen LogP contribution in [-0.2, 0) is 0 Å². The molecule has 2 heterocycles. The minimum absolute atomic E-state index is 0.0210. The van der Waals surface area contributed by atoms with Gasteiger partial charge in [0.1, 0.15) is 5.82 Å². The fraction of sp³-hybridized carbons (Fsp3) is 0.0488. The minimum Gasteiger partial charge on any atom is -0.212 e. The summed E-state index contributed by atoms with van der Waals surface area (Å²) in [4.78, 5) is 17.1. The van der Waals surface area contributed by atoms with E-state index >= 15 is 0 Å². The maximum atomic E-state index is 5.38. The molecule has 0 bridgehead atoms. The van der Waals surface area contributed by atoms with Crippen LogP contribution in [0.3, 0.4) is 0 Å². The lowest BCUT2D eigenvalue weighted by atomic mass is 9.82. The molecule has 1 aliphatic carbocycles. The van der Waals surface area contributed by atoms with Gasteiger partial charge in [-0.05, 0) is 68.3 Å². The molecular weight excluding hydrogens is 567 g/mol. The molecule has 45 heavy (non-hydrogen) atoms. The SMILES string of the molecule is C1=C(c2ccccc2)CC(c2nc(-c3ccccc3)nc(-c3cc4ccccc4c4ccccc34)n2)c2c1sc1ccccc21. The average molecular weight is 594 g/mol. The van der Waals surface area contributed by atoms with E-state index in [1.54, 1.807) is 0 Å². The summed E-state index contributed by atoms with van der Waals surface area (Å²) < 4.78 is 1.29. The van der Waals surface area contributed by atoms with Crippen molar-refractivity contribution in [3.63, 3.8) is 0 Å². The van der Waals surface area contributed by atoms with Gasteiger partial charge in [-0.1, -0.05) is 127 Å². The van der Waals surface area contributed by atoms with Crippen LogP contribution in [0.15, 0.2) is 140 Å². The zero-order chi connectivity index (χ0) is 29.7. The molecule has 212 valence electrons. The van der Waals surface area contributed by atoms with Gasteiger partial charge in [-0.2, -0.15) is 0 Å². The Morgan fingerprint density at radius 1 is 0.533 bits per heavy atom. The van der Waals surface area contributed by atoms with Crippen molar-refractivity contribution in [1.29, 1.82) is 0 Å². The number of rotatable bonds is 4. The highest BCUT2D eigenvalue weighted by Gasteiger charge is 2.31. The molecule has 0 saturated carbocycles. The van der Waals surface area contributed by atoms with E-state index in [1.807, 2.05) is 29.5 Å². The molecule has 0 fully saturated rings. The van der Waals surface area contributed by atoms with Crippen LogP contribution < -0.4 is 0 Å². The van der Waals surface area contributed by atoms with E-state index in [-0.39, 0.29) is 5.92 Å². The highest BCUT2D eigenvalue weighted by atomic mass is 32.1. The second kappa shape index (κ2) is 10.6. The molecule has 0 amide bonds. The number of allylic oxidation sites excluding steroid dienone is 1. The third-order valence-electron chi connectivity index (χ3n) is 8.89. The molecule has 4 heteroatoms. The number of nitrogens with zero attached hydrogens (tertiary/aromatic N) is 3. The zero-order valence-electron chi connectivity index (χ0n) is 24.4. The Labute approximate surface area is 265 Å². The summed E-state index contributed by atoms with van der Waals surface area (Å²) in [5.74, 6) is 2.19. The summed E-state index contributed by atoms with van der Waals surface area (Å²) in [6.45, 7) is 0. The number of aromatic nitrogens is 3. The highest BCUT2D eigenvalue weighted by Crippen LogP contribution is 2.48. The summed E-state index contributed by atoms with van der Waals surface area (Å²) in [5.41, 5.74) is 5.87. The van der Waals surface area contributed by atoms with E-state index in [0.29, 0.717) is 11.6 Å². The summed E-state index contributed by atoms with van der Waals surface area (Å²) in [7, 11) is 0. The van der Waals surface area contributed by atoms with Gasteiger partial charge in [0.2, 0.25) is 0 Å². The number of fused-ring (bicyclic) bond motifs is 6. The predicted octanol–water partition coefficient (Wildman–Crippen LogP) is 10.8. The molecule has 3 nitrogen and oxygen atoms in total. The number of hydrogen-bond donors (Lipinski definition) is 0. The molecule has 9 rings (SSSR count). The van der Waals surface area contributed by atoms with E-state index in [1.165, 1.54) is 47.8 Å². The number of hydrogen-bond acceptors (Lipinski definition) is 4. The first kappa shape index (κ1) is 26.0. The van der Waals surface area contributed by atoms with Crippen LogP contribution in [0.1, 0.15) is 34.2 Å². The first-order valence-corrected chi connectivity index (χ1v) is 16.1. The van der Waals surface area contributed by atoms with Gasteiger partial charge in [0.05, 0.1) is 5.92 Å². The van der Waals surface area contributed by atoms with Crippen LogP contribution >= 0.6 is 11.3 Å². The van der Waals surface area contributed by atoms with Crippen molar-refractivity contribution in [3.8, 4) is 22.8 Å². The van der Waals surface area contributed by atoms with Crippen molar-refractivity contribution >= 4 is 54.6 Å². The van der Waals surface area contributed by atoms with Gasteiger partial charge in [0.25, 0.3) is 0 Å². The molecule has 1 unspecified atom stereocenters. The van der Waals surface area contributed by atoms with Crippen molar-refractivity contribution in [1.82, 2.24) is 15.0 Å². The third kappa shape index (κ3) is 4.45. The Bertz CT molecular complexity index is 2410. The third-order valence-corrected chi connectivity index (χ3v) is 10.0. The number of thiophene rings is 1. The lowest BCUT2D eigenvalue weighted by Crippen LogP contribution is -2.13. The first-order valence-electron chi connectivity index (χ1n) is 15.3. The Kier molecular flexibility index (Phi) is 6.13. The summed E-state index contributed by atoms with van der Waals surface area (Å²) in [6, 6.07) is 49.1. The van der Waals surface area contributed by atoms with Gasteiger partial charge >= 0.3 is 0 Å². The van der Waals surface area contributed by atoms with E-state index in [2.05, 4.69) is 127 Å². The maximum absolute atomic E-state index is 5.38. The molecule has 1 aliphatic rings. The number of benzene rings is 6. The fourth-order valence-electron chi connectivity index (χ4n) is 6.79. The average Bonchev–Trinajstić information content (AvgIpc) is 3.50. The van der Waals surface area contributed by atoms with E-state index in [0.717, 1.165) is 28.8 Å². The van der Waals surface area contributed by atoms with Crippen molar-refractivity contribution in [2.75, 3.05) is 0 Å². The standard InChI is InChI=1S/C41H27N3S/c1-3-13-26(14-4-1)29-24-35(38-33-21-11-12-22-36(33)45-37(38)25-29)41-43-39(27-15-5-2-6-16-27)42-40(44-41)34-23-28-17-7-8-18-30(28)31-19-9-10-20-32(31)34/h1-23,25,35H,24H2. The molecule has 0 spiro atoms. The minimum atomic E-state index is -0.0210. The lowest BCUT2D eigenvalue weighted by molar-refractivity contribution is 0.757. The molecule has 0 saturated heterocycles. The fourth-order valence-corrected chi connectivity index (χ4v) is 8.02. The second-order valence-electron chi connectivity index (χ2n) is 11.6. The van der Waals surface area contributed by atoms with Crippen molar-refractivity contribution in [2.45, 2.75) is 12.3 Å². The van der Waals surface area contributed by atoms with E-state index < -0.39 is 0 Å². The maximum Gasteiger partial charge on any atom is 0.164 e. The normalized spacial score (nSPS) is 14.5. The Hall–Kier alpha value is -5.45. The highest BCUT2D eigenvalue weighted by molar-refractivity contribution is 7.20. The van der Waals surface area contributed by atoms with Crippen molar-refractivity contribution in [3.05, 3.63) is 161 Å². The van der Waals surface area contributed by atoms with Gasteiger partial charge in [-0.15, -0.1) is 11.3 Å². The Morgan fingerprint density at radius 3 is 1.96 bits per heavy atom. The largest absolute Gasteiger partial charge is 0.212 e. The van der Waals surface area contributed by atoms with Crippen LogP contribution in [0.2, 0.25) is 0 Å².